The molecular formula is C22H24N2O4. The van der Waals surface area contributed by atoms with E-state index in [2.05, 4.69) is 37.4 Å². The number of ether oxygens (including phenoxy) is 1. The number of hydrogen-bond acceptors (Lipinski definition) is 5. The number of rotatable bonds is 6. The zero-order chi connectivity index (χ0) is 20.3. The van der Waals surface area contributed by atoms with E-state index >= 15 is 0 Å². The minimum Gasteiger partial charge on any atom is -0.466 e. The summed E-state index contributed by atoms with van der Waals surface area (Å²) in [6.45, 7) is 4.25. The molecule has 0 fully saturated rings. The number of carbonyl (C=O) groups excluding carboxylic acids is 2. The van der Waals surface area contributed by atoms with Gasteiger partial charge in [0.25, 0.3) is 5.91 Å². The predicted octanol–water partition coefficient (Wildman–Crippen LogP) is 2.64. The third kappa shape index (κ3) is 3.92. The Labute approximate surface area is 164 Å². The summed E-state index contributed by atoms with van der Waals surface area (Å²) in [7, 11) is 1.28. The van der Waals surface area contributed by atoms with Crippen LogP contribution >= 0.6 is 0 Å². The number of nitrogens with one attached hydrogen (secondary N) is 1. The maximum Gasteiger partial charge on any atom is 0.337 e. The second-order valence-corrected chi connectivity index (χ2v) is 6.80. The predicted molar refractivity (Wildman–Crippen MR) is 108 cm³/mol. The molecule has 28 heavy (non-hydrogen) atoms. The van der Waals surface area contributed by atoms with E-state index < -0.39 is 5.97 Å². The molecule has 0 radical (unpaired) electrons. The Morgan fingerprint density at radius 1 is 1.14 bits per heavy atom. The molecule has 1 aliphatic heterocycles. The van der Waals surface area contributed by atoms with Gasteiger partial charge < -0.3 is 20.1 Å². The van der Waals surface area contributed by atoms with Crippen LogP contribution in [0, 0.1) is 13.8 Å². The standard InChI is InChI=1S/C22H24N2O4/c1-14-7-8-17(11-15(14)2)16-5-4-6-18(12-16)23-20-19(22(27)28-3)13-24(9-10-25)21(20)26/h4-8,11-12,23,25H,9-10,13H2,1-3H3. The molecule has 2 N–H and O–H groups in total. The van der Waals surface area contributed by atoms with Crippen LogP contribution in [-0.2, 0) is 14.3 Å². The van der Waals surface area contributed by atoms with Crippen molar-refractivity contribution in [2.45, 2.75) is 13.8 Å². The van der Waals surface area contributed by atoms with Crippen LogP contribution in [0.3, 0.4) is 0 Å². The van der Waals surface area contributed by atoms with Crippen molar-refractivity contribution in [1.82, 2.24) is 4.90 Å². The first-order valence-corrected chi connectivity index (χ1v) is 9.11. The molecule has 3 rings (SSSR count). The normalized spacial score (nSPS) is 13.9. The number of amides is 1. The average Bonchev–Trinajstić information content (AvgIpc) is 3.00. The molecule has 1 heterocycles. The minimum atomic E-state index is -0.554. The summed E-state index contributed by atoms with van der Waals surface area (Å²) in [5.41, 5.74) is 5.67. The molecule has 2 aromatic carbocycles. The van der Waals surface area contributed by atoms with E-state index in [1.165, 1.54) is 23.1 Å². The number of nitrogens with zero attached hydrogens (tertiary/aromatic N) is 1. The van der Waals surface area contributed by atoms with Crippen LogP contribution in [0.5, 0.6) is 0 Å². The lowest BCUT2D eigenvalue weighted by Gasteiger charge is -2.15. The summed E-state index contributed by atoms with van der Waals surface area (Å²) in [6, 6.07) is 13.9. The highest BCUT2D eigenvalue weighted by Gasteiger charge is 2.34. The molecule has 0 aliphatic carbocycles. The van der Waals surface area contributed by atoms with E-state index in [4.69, 9.17) is 9.84 Å². The Morgan fingerprint density at radius 3 is 2.57 bits per heavy atom. The summed E-state index contributed by atoms with van der Waals surface area (Å²) in [5, 5.41) is 12.2. The molecular weight excluding hydrogens is 356 g/mol. The van der Waals surface area contributed by atoms with Crippen molar-refractivity contribution in [1.29, 1.82) is 0 Å². The van der Waals surface area contributed by atoms with E-state index in [-0.39, 0.29) is 36.9 Å². The second-order valence-electron chi connectivity index (χ2n) is 6.80. The van der Waals surface area contributed by atoms with Crippen LogP contribution in [0.15, 0.2) is 53.7 Å². The number of benzene rings is 2. The number of esters is 1. The number of aliphatic hydroxyl groups is 1. The van der Waals surface area contributed by atoms with E-state index in [9.17, 15) is 9.59 Å². The molecule has 0 atom stereocenters. The van der Waals surface area contributed by atoms with Gasteiger partial charge in [0.05, 0.1) is 25.8 Å². The average molecular weight is 380 g/mol. The number of β-amino-alcohol motifs (C(OH)–C–C–N with tert-alkyl or cyclic N) is 1. The SMILES string of the molecule is COC(=O)C1=C(Nc2cccc(-c3ccc(C)c(C)c3)c2)C(=O)N(CCO)C1. The maximum absolute atomic E-state index is 12.7. The fraction of sp³-hybridized carbons (Fsp3) is 0.273. The van der Waals surface area contributed by atoms with Gasteiger partial charge in [0, 0.05) is 12.2 Å². The largest absolute Gasteiger partial charge is 0.466 e. The number of aliphatic hydroxyl groups excluding tert-OH is 1. The Morgan fingerprint density at radius 2 is 1.89 bits per heavy atom. The fourth-order valence-corrected chi connectivity index (χ4v) is 3.19. The second kappa shape index (κ2) is 8.27. The van der Waals surface area contributed by atoms with Gasteiger partial charge in [-0.05, 0) is 48.2 Å². The molecule has 0 saturated heterocycles. The molecule has 0 spiro atoms. The van der Waals surface area contributed by atoms with E-state index in [1.54, 1.807) is 0 Å². The summed E-state index contributed by atoms with van der Waals surface area (Å²) in [5.74, 6) is -0.882. The molecule has 1 amide bonds. The van der Waals surface area contributed by atoms with Crippen molar-refractivity contribution in [2.24, 2.45) is 0 Å². The van der Waals surface area contributed by atoms with Gasteiger partial charge in [0.1, 0.15) is 5.70 Å². The molecule has 1 aliphatic rings. The molecule has 0 saturated carbocycles. The highest BCUT2D eigenvalue weighted by atomic mass is 16.5. The van der Waals surface area contributed by atoms with Gasteiger partial charge in [-0.3, -0.25) is 4.79 Å². The van der Waals surface area contributed by atoms with Gasteiger partial charge in [-0.2, -0.15) is 0 Å². The first kappa shape index (κ1) is 19.6. The van der Waals surface area contributed by atoms with Crippen molar-refractivity contribution in [2.75, 3.05) is 32.1 Å². The Hall–Kier alpha value is -3.12. The zero-order valence-corrected chi connectivity index (χ0v) is 16.3. The molecule has 6 nitrogen and oxygen atoms in total. The lowest BCUT2D eigenvalue weighted by atomic mass is 10.00. The first-order valence-electron chi connectivity index (χ1n) is 9.11. The Kier molecular flexibility index (Phi) is 5.80. The third-order valence-corrected chi connectivity index (χ3v) is 4.93. The summed E-state index contributed by atoms with van der Waals surface area (Å²) >= 11 is 0. The highest BCUT2D eigenvalue weighted by Crippen LogP contribution is 2.27. The fourth-order valence-electron chi connectivity index (χ4n) is 3.19. The number of anilines is 1. The van der Waals surface area contributed by atoms with Gasteiger partial charge >= 0.3 is 5.97 Å². The zero-order valence-electron chi connectivity index (χ0n) is 16.3. The lowest BCUT2D eigenvalue weighted by Crippen LogP contribution is -2.31. The summed E-state index contributed by atoms with van der Waals surface area (Å²) in [6.07, 6.45) is 0. The van der Waals surface area contributed by atoms with E-state index in [1.807, 2.05) is 24.3 Å². The smallest absolute Gasteiger partial charge is 0.337 e. The van der Waals surface area contributed by atoms with Gasteiger partial charge in [0.2, 0.25) is 0 Å². The number of hydrogen-bond donors (Lipinski definition) is 2. The Balaban J connectivity index is 1.92. The quantitative estimate of drug-likeness (QED) is 0.754. The maximum atomic E-state index is 12.7. The molecule has 6 heteroatoms. The van der Waals surface area contributed by atoms with Crippen molar-refractivity contribution in [3.05, 3.63) is 64.9 Å². The summed E-state index contributed by atoms with van der Waals surface area (Å²) < 4.78 is 4.82. The number of aryl methyl sites for hydroxylation is 2. The lowest BCUT2D eigenvalue weighted by molar-refractivity contribution is -0.136. The topological polar surface area (TPSA) is 78.9 Å². The monoisotopic (exact) mass is 380 g/mol. The van der Waals surface area contributed by atoms with Crippen molar-refractivity contribution >= 4 is 17.6 Å². The number of carbonyl (C=O) groups is 2. The number of methoxy groups -OCH3 is 1. The van der Waals surface area contributed by atoms with Crippen LogP contribution in [0.4, 0.5) is 5.69 Å². The van der Waals surface area contributed by atoms with E-state index in [0.29, 0.717) is 5.69 Å². The first-order chi connectivity index (χ1) is 13.4. The van der Waals surface area contributed by atoms with Gasteiger partial charge in [-0.15, -0.1) is 0 Å². The van der Waals surface area contributed by atoms with Gasteiger partial charge in [-0.1, -0.05) is 30.3 Å². The molecule has 2 aromatic rings. The Bertz CT molecular complexity index is 949. The highest BCUT2D eigenvalue weighted by molar-refractivity contribution is 6.08. The van der Waals surface area contributed by atoms with E-state index in [0.717, 1.165) is 11.1 Å². The molecule has 0 unspecified atom stereocenters. The molecule has 0 bridgehead atoms. The van der Waals surface area contributed by atoms with Crippen molar-refractivity contribution in [3.8, 4) is 11.1 Å². The third-order valence-electron chi connectivity index (χ3n) is 4.93. The molecule has 146 valence electrons. The van der Waals surface area contributed by atoms with Gasteiger partial charge in [-0.25, -0.2) is 4.79 Å². The van der Waals surface area contributed by atoms with Crippen molar-refractivity contribution < 1.29 is 19.4 Å². The van der Waals surface area contributed by atoms with Crippen LogP contribution in [0.25, 0.3) is 11.1 Å². The van der Waals surface area contributed by atoms with Crippen LogP contribution in [-0.4, -0.2) is 48.7 Å². The van der Waals surface area contributed by atoms with Crippen LogP contribution in [0.2, 0.25) is 0 Å². The minimum absolute atomic E-state index is 0.116. The van der Waals surface area contributed by atoms with Crippen molar-refractivity contribution in [3.63, 3.8) is 0 Å². The van der Waals surface area contributed by atoms with Crippen LogP contribution in [0.1, 0.15) is 11.1 Å². The molecule has 0 aromatic heterocycles. The summed E-state index contributed by atoms with van der Waals surface area (Å²) in [4.78, 5) is 26.2. The van der Waals surface area contributed by atoms with Gasteiger partial charge in [0.15, 0.2) is 0 Å². The van der Waals surface area contributed by atoms with Crippen LogP contribution < -0.4 is 5.32 Å².